The number of ether oxygens (including phenoxy) is 1. The minimum atomic E-state index is 0.0133. The Morgan fingerprint density at radius 1 is 1.43 bits per heavy atom. The summed E-state index contributed by atoms with van der Waals surface area (Å²) in [6, 6.07) is 5.54. The third-order valence-electron chi connectivity index (χ3n) is 3.22. The van der Waals surface area contributed by atoms with Crippen LogP contribution in [0.5, 0.6) is 5.75 Å². The molecule has 0 amide bonds. The molecule has 1 rings (SSSR count). The zero-order valence-corrected chi connectivity index (χ0v) is 12.8. The number of rotatable bonds is 8. The van der Waals surface area contributed by atoms with E-state index in [0.717, 1.165) is 12.0 Å². The number of aliphatic hydroxyl groups excluding tert-OH is 1. The second-order valence-electron chi connectivity index (χ2n) is 5.41. The van der Waals surface area contributed by atoms with Crippen molar-refractivity contribution in [2.75, 3.05) is 13.7 Å². The van der Waals surface area contributed by atoms with Crippen LogP contribution in [-0.4, -0.2) is 35.9 Å². The molecule has 0 aliphatic heterocycles. The van der Waals surface area contributed by atoms with Crippen LogP contribution in [-0.2, 0) is 6.54 Å². The number of hydrogen-bond acceptors (Lipinski definition) is 5. The van der Waals surface area contributed by atoms with Crippen molar-refractivity contribution in [2.45, 2.75) is 32.9 Å². The molecule has 0 aliphatic carbocycles. The molecule has 0 aliphatic rings. The van der Waals surface area contributed by atoms with Gasteiger partial charge in [0.05, 0.1) is 19.3 Å². The van der Waals surface area contributed by atoms with Gasteiger partial charge in [0.25, 0.3) is 0 Å². The maximum absolute atomic E-state index is 9.36. The average Bonchev–Trinajstić information content (AvgIpc) is 2.49. The largest absolute Gasteiger partial charge is 0.496 e. The van der Waals surface area contributed by atoms with Crippen LogP contribution < -0.4 is 15.8 Å². The van der Waals surface area contributed by atoms with E-state index in [0.29, 0.717) is 23.8 Å². The number of oxime groups is 1. The lowest BCUT2D eigenvalue weighted by molar-refractivity contribution is 0.223. The third-order valence-corrected chi connectivity index (χ3v) is 3.22. The summed E-state index contributed by atoms with van der Waals surface area (Å²) in [5, 5.41) is 24.4. The van der Waals surface area contributed by atoms with Gasteiger partial charge >= 0.3 is 0 Å². The Labute approximate surface area is 125 Å². The summed E-state index contributed by atoms with van der Waals surface area (Å²) in [5.41, 5.74) is 7.14. The second kappa shape index (κ2) is 8.49. The van der Waals surface area contributed by atoms with Crippen molar-refractivity contribution >= 4 is 5.84 Å². The summed E-state index contributed by atoms with van der Waals surface area (Å²) in [5.74, 6) is 1.08. The fourth-order valence-corrected chi connectivity index (χ4v) is 2.16. The molecule has 118 valence electrons. The van der Waals surface area contributed by atoms with Crippen LogP contribution >= 0.6 is 0 Å². The summed E-state index contributed by atoms with van der Waals surface area (Å²) in [6.45, 7) is 4.97. The number of aliphatic hydroxyl groups is 1. The first-order valence-electron chi connectivity index (χ1n) is 7.00. The maximum Gasteiger partial charge on any atom is 0.173 e. The first-order chi connectivity index (χ1) is 10.0. The number of nitrogens with one attached hydrogen (secondary N) is 1. The highest BCUT2D eigenvalue weighted by atomic mass is 16.5. The van der Waals surface area contributed by atoms with Gasteiger partial charge in [-0.1, -0.05) is 25.1 Å². The van der Waals surface area contributed by atoms with Gasteiger partial charge in [-0.05, 0) is 30.0 Å². The molecule has 0 bridgehead atoms. The van der Waals surface area contributed by atoms with Crippen LogP contribution in [0.25, 0.3) is 0 Å². The van der Waals surface area contributed by atoms with E-state index in [2.05, 4.69) is 24.3 Å². The predicted molar refractivity (Wildman–Crippen MR) is 82.7 cm³/mol. The molecule has 0 radical (unpaired) electrons. The molecule has 1 aromatic carbocycles. The number of hydrogen-bond donors (Lipinski definition) is 4. The molecule has 5 N–H and O–H groups in total. The van der Waals surface area contributed by atoms with Gasteiger partial charge in [0, 0.05) is 12.6 Å². The highest BCUT2D eigenvalue weighted by Gasteiger charge is 2.11. The normalized spacial score (nSPS) is 13.5. The highest BCUT2D eigenvalue weighted by molar-refractivity contribution is 5.99. The van der Waals surface area contributed by atoms with Gasteiger partial charge in [-0.3, -0.25) is 0 Å². The molecule has 21 heavy (non-hydrogen) atoms. The number of nitrogens with zero attached hydrogens (tertiary/aromatic N) is 1. The maximum atomic E-state index is 9.36. The Hall–Kier alpha value is -1.79. The predicted octanol–water partition coefficient (Wildman–Crippen LogP) is 1.29. The van der Waals surface area contributed by atoms with Crippen LogP contribution in [0.2, 0.25) is 0 Å². The van der Waals surface area contributed by atoms with Crippen LogP contribution in [0.3, 0.4) is 0 Å². The van der Waals surface area contributed by atoms with Gasteiger partial charge in [0.15, 0.2) is 5.84 Å². The van der Waals surface area contributed by atoms with Crippen LogP contribution in [0.15, 0.2) is 23.4 Å². The van der Waals surface area contributed by atoms with E-state index in [9.17, 15) is 5.11 Å². The van der Waals surface area contributed by atoms with Crippen molar-refractivity contribution in [2.24, 2.45) is 16.8 Å². The molecule has 0 spiro atoms. The Bertz CT molecular complexity index is 475. The summed E-state index contributed by atoms with van der Waals surface area (Å²) < 4.78 is 5.26. The second-order valence-corrected chi connectivity index (χ2v) is 5.41. The smallest absolute Gasteiger partial charge is 0.173 e. The Morgan fingerprint density at radius 3 is 2.67 bits per heavy atom. The molecule has 1 unspecified atom stereocenters. The number of benzene rings is 1. The SMILES string of the molecule is COc1cc(CNC(CO)CC(C)C)ccc1/C(N)=N/O. The molecule has 0 saturated carbocycles. The molecule has 0 saturated heterocycles. The van der Waals surface area contributed by atoms with Crippen molar-refractivity contribution in [1.82, 2.24) is 5.32 Å². The molecule has 0 heterocycles. The minimum Gasteiger partial charge on any atom is -0.496 e. The Balaban J connectivity index is 2.76. The molecular weight excluding hydrogens is 270 g/mol. The molecular formula is C15H25N3O3. The zero-order valence-electron chi connectivity index (χ0n) is 12.8. The Morgan fingerprint density at radius 2 is 2.14 bits per heavy atom. The molecule has 0 fully saturated rings. The summed E-state index contributed by atoms with van der Waals surface area (Å²) in [7, 11) is 1.54. The standard InChI is InChI=1S/C15H25N3O3/c1-10(2)6-12(9-19)17-8-11-4-5-13(15(16)18-20)14(7-11)21-3/h4-5,7,10,12,17,19-20H,6,8-9H2,1-3H3,(H2,16,18). The topological polar surface area (TPSA) is 100 Å². The Kier molecular flexibility index (Phi) is 6.98. The zero-order chi connectivity index (χ0) is 15.8. The number of nitrogens with two attached hydrogens (primary N) is 1. The molecule has 1 aromatic rings. The van der Waals surface area contributed by atoms with Gasteiger partial charge in [0.1, 0.15) is 5.75 Å². The molecule has 1 atom stereocenters. The molecule has 6 nitrogen and oxygen atoms in total. The lowest BCUT2D eigenvalue weighted by Crippen LogP contribution is -2.33. The van der Waals surface area contributed by atoms with Crippen molar-refractivity contribution in [3.05, 3.63) is 29.3 Å². The molecule has 0 aromatic heterocycles. The van der Waals surface area contributed by atoms with Crippen LogP contribution in [0, 0.1) is 5.92 Å². The van der Waals surface area contributed by atoms with Gasteiger partial charge < -0.3 is 26.1 Å². The first-order valence-corrected chi connectivity index (χ1v) is 7.00. The average molecular weight is 295 g/mol. The van der Waals surface area contributed by atoms with Crippen LogP contribution in [0.1, 0.15) is 31.4 Å². The lowest BCUT2D eigenvalue weighted by Gasteiger charge is -2.18. The number of amidine groups is 1. The van der Waals surface area contributed by atoms with E-state index in [-0.39, 0.29) is 18.5 Å². The van der Waals surface area contributed by atoms with Gasteiger partial charge in [0.2, 0.25) is 0 Å². The summed E-state index contributed by atoms with van der Waals surface area (Å²) in [6.07, 6.45) is 0.913. The van der Waals surface area contributed by atoms with Gasteiger partial charge in [-0.15, -0.1) is 0 Å². The highest BCUT2D eigenvalue weighted by Crippen LogP contribution is 2.20. The lowest BCUT2D eigenvalue weighted by atomic mass is 10.0. The third kappa shape index (κ3) is 5.24. The number of methoxy groups -OCH3 is 1. The first kappa shape index (κ1) is 17.3. The summed E-state index contributed by atoms with van der Waals surface area (Å²) in [4.78, 5) is 0. The van der Waals surface area contributed by atoms with Gasteiger partial charge in [-0.25, -0.2) is 0 Å². The molecule has 6 heteroatoms. The fourth-order valence-electron chi connectivity index (χ4n) is 2.16. The van der Waals surface area contributed by atoms with E-state index in [1.54, 1.807) is 6.07 Å². The van der Waals surface area contributed by atoms with Gasteiger partial charge in [-0.2, -0.15) is 0 Å². The monoisotopic (exact) mass is 295 g/mol. The van der Waals surface area contributed by atoms with E-state index >= 15 is 0 Å². The van der Waals surface area contributed by atoms with E-state index in [1.165, 1.54) is 7.11 Å². The van der Waals surface area contributed by atoms with Crippen LogP contribution in [0.4, 0.5) is 0 Å². The fraction of sp³-hybridized carbons (Fsp3) is 0.533. The summed E-state index contributed by atoms with van der Waals surface area (Å²) >= 11 is 0. The van der Waals surface area contributed by atoms with Crippen molar-refractivity contribution in [1.29, 1.82) is 0 Å². The quantitative estimate of drug-likeness (QED) is 0.251. The van der Waals surface area contributed by atoms with E-state index < -0.39 is 0 Å². The van der Waals surface area contributed by atoms with Crippen molar-refractivity contribution < 1.29 is 15.1 Å². The van der Waals surface area contributed by atoms with E-state index in [4.69, 9.17) is 15.7 Å². The van der Waals surface area contributed by atoms with Crippen molar-refractivity contribution in [3.63, 3.8) is 0 Å². The van der Waals surface area contributed by atoms with Crippen molar-refractivity contribution in [3.8, 4) is 5.75 Å². The van der Waals surface area contributed by atoms with E-state index in [1.807, 2.05) is 12.1 Å². The minimum absolute atomic E-state index is 0.0133.